The number of rotatable bonds is 2. The Kier molecular flexibility index (Phi) is 4.99. The van der Waals surface area contributed by atoms with E-state index in [2.05, 4.69) is 84.6 Å². The van der Waals surface area contributed by atoms with Crippen molar-refractivity contribution in [2.24, 2.45) is 5.41 Å². The fourth-order valence-electron chi connectivity index (χ4n) is 2.80. The summed E-state index contributed by atoms with van der Waals surface area (Å²) >= 11 is 0. The predicted molar refractivity (Wildman–Crippen MR) is 97.6 cm³/mol. The minimum absolute atomic E-state index is 0.373. The van der Waals surface area contributed by atoms with E-state index in [1.54, 1.807) is 0 Å². The molecule has 0 amide bonds. The molecule has 0 saturated carbocycles. The first-order valence-corrected chi connectivity index (χ1v) is 10.2. The van der Waals surface area contributed by atoms with Crippen LogP contribution < -0.4 is 0 Å². The molecule has 0 N–H and O–H groups in total. The van der Waals surface area contributed by atoms with Crippen LogP contribution in [-0.4, -0.2) is 31.9 Å². The Labute approximate surface area is 119 Å². The van der Waals surface area contributed by atoms with E-state index in [0.717, 1.165) is 0 Å². The number of hydrogen-bond donors (Lipinski definition) is 0. The zero-order chi connectivity index (χ0) is 15.2. The Bertz CT molecular complexity index is 273. The third-order valence-electron chi connectivity index (χ3n) is 6.14. The SMILES string of the molecule is B[C@](C)(C[PH](B)(C(C)(C)C)C(C)(C)C)C(C)(C)C. The van der Waals surface area contributed by atoms with Crippen molar-refractivity contribution >= 4 is 22.6 Å². The molecule has 3 heteroatoms. The Morgan fingerprint density at radius 3 is 1.17 bits per heavy atom. The molecular weight excluding hydrogens is 233 g/mol. The summed E-state index contributed by atoms with van der Waals surface area (Å²) in [5.74, 6) is 0. The molecule has 18 heavy (non-hydrogen) atoms. The zero-order valence-corrected chi connectivity index (χ0v) is 16.2. The molecule has 1 atom stereocenters. The van der Waals surface area contributed by atoms with Crippen LogP contribution in [0.3, 0.4) is 0 Å². The molecule has 0 rings (SSSR count). The quantitative estimate of drug-likeness (QED) is 0.529. The number of hydrogen-bond acceptors (Lipinski definition) is 0. The van der Waals surface area contributed by atoms with Gasteiger partial charge in [0.2, 0.25) is 0 Å². The molecule has 0 aliphatic carbocycles. The first kappa shape index (κ1) is 18.6. The van der Waals surface area contributed by atoms with Gasteiger partial charge in [-0.1, -0.05) is 0 Å². The molecule has 0 aromatic heterocycles. The molecule has 0 spiro atoms. The van der Waals surface area contributed by atoms with Gasteiger partial charge in [0, 0.05) is 0 Å². The Morgan fingerprint density at radius 1 is 0.722 bits per heavy atom. The van der Waals surface area contributed by atoms with Crippen molar-refractivity contribution < 1.29 is 0 Å². The van der Waals surface area contributed by atoms with Crippen molar-refractivity contribution in [3.8, 4) is 0 Å². The summed E-state index contributed by atoms with van der Waals surface area (Å²) in [6.07, 6.45) is 1.40. The van der Waals surface area contributed by atoms with Gasteiger partial charge in [-0.15, -0.1) is 0 Å². The van der Waals surface area contributed by atoms with Gasteiger partial charge in [0.05, 0.1) is 0 Å². The van der Waals surface area contributed by atoms with Crippen LogP contribution in [0.2, 0.25) is 5.31 Å². The normalized spacial score (nSPS) is 19.4. The first-order chi connectivity index (χ1) is 7.46. The Balaban J connectivity index is 5.58. The monoisotopic (exact) mass is 270 g/mol. The summed E-state index contributed by atoms with van der Waals surface area (Å²) in [7, 11) is 3.70. The standard InChI is InChI=1S/C15H37B2P/c1-12(2,3)15(10,16)11-18(17,13(4,5)6)14(7,8)9/h18H,11,16-17H2,1-10H3/t15-/m1/s1. The fourth-order valence-corrected chi connectivity index (χ4v) is 8.41. The maximum absolute atomic E-state index is 2.63. The van der Waals surface area contributed by atoms with E-state index in [4.69, 9.17) is 0 Å². The van der Waals surface area contributed by atoms with Crippen LogP contribution in [0.15, 0.2) is 0 Å². The van der Waals surface area contributed by atoms with Crippen LogP contribution in [-0.2, 0) is 0 Å². The minimum atomic E-state index is -1.40. The summed E-state index contributed by atoms with van der Waals surface area (Å²) in [6.45, 7) is 24.4. The summed E-state index contributed by atoms with van der Waals surface area (Å²) in [4.78, 5) is 0. The van der Waals surface area contributed by atoms with E-state index in [-0.39, 0.29) is 0 Å². The average Bonchev–Trinajstić information content (AvgIpc) is 1.95. The zero-order valence-electron chi connectivity index (χ0n) is 15.2. The van der Waals surface area contributed by atoms with E-state index >= 15 is 0 Å². The van der Waals surface area contributed by atoms with Crippen LogP contribution >= 0.6 is 7.14 Å². The molecule has 0 radical (unpaired) electrons. The van der Waals surface area contributed by atoms with Crippen molar-refractivity contribution in [3.63, 3.8) is 0 Å². The van der Waals surface area contributed by atoms with Gasteiger partial charge in [-0.2, -0.15) is 0 Å². The molecule has 0 unspecified atom stereocenters. The molecule has 0 aliphatic heterocycles. The maximum atomic E-state index is 2.63. The molecular formula is C15H37B2P. The molecule has 0 bridgehead atoms. The third-order valence-corrected chi connectivity index (χ3v) is 14.3. The van der Waals surface area contributed by atoms with Crippen molar-refractivity contribution in [3.05, 3.63) is 0 Å². The van der Waals surface area contributed by atoms with E-state index < -0.39 is 7.14 Å². The molecule has 0 aromatic carbocycles. The molecule has 0 aromatic rings. The topological polar surface area (TPSA) is 0 Å². The van der Waals surface area contributed by atoms with E-state index in [1.807, 2.05) is 0 Å². The summed E-state index contributed by atoms with van der Waals surface area (Å²) in [5, 5.41) is 1.30. The Morgan fingerprint density at radius 2 is 1.00 bits per heavy atom. The summed E-state index contributed by atoms with van der Waals surface area (Å²) < 4.78 is 0. The van der Waals surface area contributed by atoms with E-state index in [0.29, 0.717) is 21.0 Å². The van der Waals surface area contributed by atoms with Crippen molar-refractivity contribution in [2.75, 3.05) is 6.16 Å². The van der Waals surface area contributed by atoms with Gasteiger partial charge >= 0.3 is 119 Å². The van der Waals surface area contributed by atoms with Gasteiger partial charge in [-0.25, -0.2) is 0 Å². The predicted octanol–water partition coefficient (Wildman–Crippen LogP) is 3.74. The second-order valence-electron chi connectivity index (χ2n) is 10.1. The summed E-state index contributed by atoms with van der Waals surface area (Å²) in [5.41, 5.74) is 0.373. The van der Waals surface area contributed by atoms with Crippen LogP contribution in [0.1, 0.15) is 69.2 Å². The molecule has 0 nitrogen and oxygen atoms in total. The molecule has 0 saturated heterocycles. The Hall–Kier alpha value is 0.560. The van der Waals surface area contributed by atoms with Gasteiger partial charge in [0.1, 0.15) is 0 Å². The van der Waals surface area contributed by atoms with Gasteiger partial charge < -0.3 is 0 Å². The van der Waals surface area contributed by atoms with Crippen molar-refractivity contribution in [2.45, 2.75) is 84.9 Å². The second-order valence-corrected chi connectivity index (χ2v) is 16.2. The van der Waals surface area contributed by atoms with Crippen LogP contribution in [0.5, 0.6) is 0 Å². The first-order valence-electron chi connectivity index (χ1n) is 7.46. The molecule has 0 heterocycles. The van der Waals surface area contributed by atoms with Gasteiger partial charge in [-0.05, 0) is 0 Å². The van der Waals surface area contributed by atoms with E-state index in [9.17, 15) is 0 Å². The second kappa shape index (κ2) is 4.83. The third kappa shape index (κ3) is 3.56. The van der Waals surface area contributed by atoms with Gasteiger partial charge in [-0.3, -0.25) is 0 Å². The fraction of sp³-hybridized carbons (Fsp3) is 1.00. The van der Waals surface area contributed by atoms with Gasteiger partial charge in [0.15, 0.2) is 0 Å². The van der Waals surface area contributed by atoms with Crippen molar-refractivity contribution in [1.82, 2.24) is 0 Å². The average molecular weight is 270 g/mol. The van der Waals surface area contributed by atoms with Crippen molar-refractivity contribution in [1.29, 1.82) is 0 Å². The molecule has 0 fully saturated rings. The molecule has 108 valence electrons. The van der Waals surface area contributed by atoms with Gasteiger partial charge in [0.25, 0.3) is 0 Å². The molecule has 0 aliphatic rings. The van der Waals surface area contributed by atoms with Crippen LogP contribution in [0.4, 0.5) is 0 Å². The van der Waals surface area contributed by atoms with Crippen LogP contribution in [0, 0.1) is 5.41 Å². The van der Waals surface area contributed by atoms with E-state index in [1.165, 1.54) is 6.16 Å². The summed E-state index contributed by atoms with van der Waals surface area (Å²) in [6, 6.07) is 0. The van der Waals surface area contributed by atoms with Crippen LogP contribution in [0.25, 0.3) is 0 Å².